The molecule has 0 saturated carbocycles. The molecule has 2 aliphatic rings. The Morgan fingerprint density at radius 1 is 1.14 bits per heavy atom. The van der Waals surface area contributed by atoms with Crippen LogP contribution in [0.25, 0.3) is 22.4 Å². The van der Waals surface area contributed by atoms with E-state index in [0.29, 0.717) is 47.5 Å². The molecular formula is C28H35N5O4. The number of anilines is 1. The lowest BCUT2D eigenvalue weighted by Crippen LogP contribution is -2.54. The van der Waals surface area contributed by atoms with Gasteiger partial charge < -0.3 is 23.9 Å². The van der Waals surface area contributed by atoms with Gasteiger partial charge >= 0.3 is 5.63 Å². The van der Waals surface area contributed by atoms with E-state index in [1.165, 1.54) is 0 Å². The topological polar surface area (TPSA) is 92.0 Å². The number of carbonyl (C=O) groups excluding carboxylic acids is 1. The van der Waals surface area contributed by atoms with Crippen molar-refractivity contribution in [2.45, 2.75) is 33.1 Å². The van der Waals surface area contributed by atoms with Crippen molar-refractivity contribution in [1.82, 2.24) is 19.8 Å². The monoisotopic (exact) mass is 505 g/mol. The van der Waals surface area contributed by atoms with E-state index < -0.39 is 5.63 Å². The number of pyridine rings is 1. The number of rotatable bonds is 5. The molecule has 0 radical (unpaired) electrons. The first-order valence-corrected chi connectivity index (χ1v) is 13.0. The zero-order valence-electron chi connectivity index (χ0n) is 22.1. The normalized spacial score (nSPS) is 18.3. The molecule has 2 fully saturated rings. The average Bonchev–Trinajstić information content (AvgIpc) is 2.92. The Labute approximate surface area is 217 Å². The van der Waals surface area contributed by atoms with E-state index in [2.05, 4.69) is 28.8 Å². The molecule has 0 N–H and O–H groups in total. The Hall–Kier alpha value is -3.46. The van der Waals surface area contributed by atoms with Crippen LogP contribution >= 0.6 is 0 Å². The molecule has 196 valence electrons. The molecule has 0 unspecified atom stereocenters. The second-order valence-electron chi connectivity index (χ2n) is 10.4. The zero-order valence-corrected chi connectivity index (χ0v) is 22.1. The molecule has 3 aromatic rings. The Bertz CT molecular complexity index is 1350. The minimum absolute atomic E-state index is 0.234. The maximum atomic E-state index is 13.4. The number of likely N-dealkylation sites (N-methyl/N-ethyl adjacent to an activating group) is 1. The SMILES string of the molecule is CCc1cc(OC)cc2nc(-c3cccnc3N3CCC(C)(C(=O)N4CCN(C)CC4)CC3)oc(=O)c12. The maximum absolute atomic E-state index is 13.4. The van der Waals surface area contributed by atoms with Crippen LogP contribution in [0.1, 0.15) is 32.3 Å². The van der Waals surface area contributed by atoms with Crippen LogP contribution in [-0.2, 0) is 11.2 Å². The van der Waals surface area contributed by atoms with Crippen LogP contribution in [0.3, 0.4) is 0 Å². The van der Waals surface area contributed by atoms with Crippen molar-refractivity contribution in [3.05, 3.63) is 46.4 Å². The third-order valence-corrected chi connectivity index (χ3v) is 7.90. The van der Waals surface area contributed by atoms with Crippen LogP contribution in [0.2, 0.25) is 0 Å². The highest BCUT2D eigenvalue weighted by molar-refractivity contribution is 5.85. The summed E-state index contributed by atoms with van der Waals surface area (Å²) >= 11 is 0. The smallest absolute Gasteiger partial charge is 0.347 e. The number of amides is 1. The predicted molar refractivity (Wildman–Crippen MR) is 143 cm³/mol. The van der Waals surface area contributed by atoms with Crippen molar-refractivity contribution in [3.8, 4) is 17.2 Å². The number of aryl methyl sites for hydroxylation is 1. The number of benzene rings is 1. The van der Waals surface area contributed by atoms with Gasteiger partial charge in [-0.05, 0) is 50.1 Å². The number of piperazine rings is 1. The molecule has 4 heterocycles. The molecule has 1 aromatic carbocycles. The lowest BCUT2D eigenvalue weighted by Gasteiger charge is -2.43. The van der Waals surface area contributed by atoms with Gasteiger partial charge in [-0.3, -0.25) is 4.79 Å². The molecule has 9 nitrogen and oxygen atoms in total. The second kappa shape index (κ2) is 10.1. The van der Waals surface area contributed by atoms with E-state index in [1.807, 2.05) is 30.0 Å². The summed E-state index contributed by atoms with van der Waals surface area (Å²) in [7, 11) is 3.70. The number of methoxy groups -OCH3 is 1. The van der Waals surface area contributed by atoms with Gasteiger partial charge in [0.1, 0.15) is 11.6 Å². The van der Waals surface area contributed by atoms with Gasteiger partial charge in [0.2, 0.25) is 11.8 Å². The van der Waals surface area contributed by atoms with Crippen LogP contribution in [-0.4, -0.2) is 79.1 Å². The Balaban J connectivity index is 1.42. The number of hydrogen-bond donors (Lipinski definition) is 0. The fourth-order valence-corrected chi connectivity index (χ4v) is 5.40. The van der Waals surface area contributed by atoms with E-state index in [0.717, 1.165) is 44.6 Å². The van der Waals surface area contributed by atoms with Crippen molar-refractivity contribution >= 4 is 22.6 Å². The number of fused-ring (bicyclic) bond motifs is 1. The molecule has 5 rings (SSSR count). The second-order valence-corrected chi connectivity index (χ2v) is 10.4. The number of ether oxygens (including phenoxy) is 1. The van der Waals surface area contributed by atoms with E-state index in [9.17, 15) is 9.59 Å². The van der Waals surface area contributed by atoms with E-state index >= 15 is 0 Å². The van der Waals surface area contributed by atoms with Gasteiger partial charge in [-0.25, -0.2) is 14.8 Å². The molecule has 1 amide bonds. The molecule has 0 spiro atoms. The number of nitrogens with zero attached hydrogens (tertiary/aromatic N) is 5. The highest BCUT2D eigenvalue weighted by Gasteiger charge is 2.40. The molecule has 0 aliphatic carbocycles. The average molecular weight is 506 g/mol. The Morgan fingerprint density at radius 2 is 1.86 bits per heavy atom. The number of carbonyl (C=O) groups is 1. The summed E-state index contributed by atoms with van der Waals surface area (Å²) < 4.78 is 11.2. The standard InChI is InChI=1S/C28H35N5O4/c1-5-19-17-20(36-4)18-22-23(19)26(34)37-25(30-22)21-7-6-10-29-24(21)32-11-8-28(2,9-12-32)27(35)33-15-13-31(3)14-16-33/h6-7,10,17-18H,5,8-9,11-16H2,1-4H3. The molecule has 37 heavy (non-hydrogen) atoms. The molecule has 2 aromatic heterocycles. The van der Waals surface area contributed by atoms with Gasteiger partial charge in [0.15, 0.2) is 0 Å². The summed E-state index contributed by atoms with van der Waals surface area (Å²) in [5, 5.41) is 0.480. The summed E-state index contributed by atoms with van der Waals surface area (Å²) in [4.78, 5) is 42.2. The molecule has 2 aliphatic heterocycles. The van der Waals surface area contributed by atoms with Crippen LogP contribution in [0.5, 0.6) is 5.75 Å². The predicted octanol–water partition coefficient (Wildman–Crippen LogP) is 3.20. The maximum Gasteiger partial charge on any atom is 0.347 e. The largest absolute Gasteiger partial charge is 0.497 e. The first-order chi connectivity index (χ1) is 17.8. The zero-order chi connectivity index (χ0) is 26.2. The third-order valence-electron chi connectivity index (χ3n) is 7.90. The molecule has 0 bridgehead atoms. The third kappa shape index (κ3) is 4.80. The summed E-state index contributed by atoms with van der Waals surface area (Å²) in [5.41, 5.74) is 1.24. The first-order valence-electron chi connectivity index (χ1n) is 13.0. The molecular weight excluding hydrogens is 470 g/mol. The Morgan fingerprint density at radius 3 is 2.54 bits per heavy atom. The molecule has 0 atom stereocenters. The van der Waals surface area contributed by atoms with Crippen molar-refractivity contribution in [2.75, 3.05) is 58.3 Å². The van der Waals surface area contributed by atoms with Gasteiger partial charge in [-0.1, -0.05) is 13.8 Å². The van der Waals surface area contributed by atoms with Gasteiger partial charge in [0, 0.05) is 56.9 Å². The van der Waals surface area contributed by atoms with Crippen LogP contribution in [0, 0.1) is 5.41 Å². The van der Waals surface area contributed by atoms with Crippen LogP contribution in [0.15, 0.2) is 39.7 Å². The Kier molecular flexibility index (Phi) is 6.90. The van der Waals surface area contributed by atoms with E-state index in [-0.39, 0.29) is 17.2 Å². The van der Waals surface area contributed by atoms with E-state index in [4.69, 9.17) is 14.1 Å². The van der Waals surface area contributed by atoms with Crippen molar-refractivity contribution in [2.24, 2.45) is 5.41 Å². The first kappa shape index (κ1) is 25.2. The van der Waals surface area contributed by atoms with Crippen molar-refractivity contribution in [3.63, 3.8) is 0 Å². The van der Waals surface area contributed by atoms with Gasteiger partial charge in [-0.15, -0.1) is 0 Å². The van der Waals surface area contributed by atoms with Gasteiger partial charge in [-0.2, -0.15) is 0 Å². The number of piperidine rings is 1. The number of aromatic nitrogens is 2. The lowest BCUT2D eigenvalue weighted by atomic mass is 9.78. The lowest BCUT2D eigenvalue weighted by molar-refractivity contribution is -0.144. The minimum atomic E-state index is -0.418. The van der Waals surface area contributed by atoms with Crippen molar-refractivity contribution in [1.29, 1.82) is 0 Å². The fraction of sp³-hybridized carbons (Fsp3) is 0.500. The highest BCUT2D eigenvalue weighted by atomic mass is 16.5. The van der Waals surface area contributed by atoms with Crippen LogP contribution in [0.4, 0.5) is 5.82 Å². The molecule has 2 saturated heterocycles. The van der Waals surface area contributed by atoms with Crippen molar-refractivity contribution < 1.29 is 13.9 Å². The number of hydrogen-bond acceptors (Lipinski definition) is 8. The van der Waals surface area contributed by atoms with Gasteiger partial charge in [0.25, 0.3) is 0 Å². The highest BCUT2D eigenvalue weighted by Crippen LogP contribution is 2.37. The fourth-order valence-electron chi connectivity index (χ4n) is 5.40. The van der Waals surface area contributed by atoms with Gasteiger partial charge in [0.05, 0.1) is 23.6 Å². The van der Waals surface area contributed by atoms with Crippen LogP contribution < -0.4 is 15.3 Å². The summed E-state index contributed by atoms with van der Waals surface area (Å²) in [6.07, 6.45) is 3.87. The summed E-state index contributed by atoms with van der Waals surface area (Å²) in [5.74, 6) is 1.85. The minimum Gasteiger partial charge on any atom is -0.497 e. The summed E-state index contributed by atoms with van der Waals surface area (Å²) in [6, 6.07) is 7.31. The van der Waals surface area contributed by atoms with E-state index in [1.54, 1.807) is 19.4 Å². The molecule has 9 heteroatoms. The quantitative estimate of drug-likeness (QED) is 0.522. The summed E-state index contributed by atoms with van der Waals surface area (Å²) in [6.45, 7) is 8.86.